The molecule has 4 aromatic rings. The normalized spacial score (nSPS) is 15.5. The van der Waals surface area contributed by atoms with Gasteiger partial charge in [-0.05, 0) is 43.0 Å². The fraction of sp³-hybridized carbons (Fsp3) is 0.259. The highest BCUT2D eigenvalue weighted by molar-refractivity contribution is 5.78. The molecule has 178 valence electrons. The van der Waals surface area contributed by atoms with Gasteiger partial charge in [-0.25, -0.2) is 4.98 Å². The maximum atomic E-state index is 12.9. The van der Waals surface area contributed by atoms with Crippen molar-refractivity contribution in [1.82, 2.24) is 20.0 Å². The third-order valence-corrected chi connectivity index (χ3v) is 5.88. The van der Waals surface area contributed by atoms with Crippen molar-refractivity contribution in [3.63, 3.8) is 0 Å². The summed E-state index contributed by atoms with van der Waals surface area (Å²) in [6.07, 6.45) is 4.35. The number of hydrogen-bond acceptors (Lipinski definition) is 7. The predicted molar refractivity (Wildman–Crippen MR) is 129 cm³/mol. The van der Waals surface area contributed by atoms with Gasteiger partial charge in [-0.2, -0.15) is 4.98 Å². The second kappa shape index (κ2) is 10.8. The molecule has 0 radical (unpaired) electrons. The molecule has 0 spiro atoms. The van der Waals surface area contributed by atoms with E-state index in [0.29, 0.717) is 42.1 Å². The van der Waals surface area contributed by atoms with Crippen molar-refractivity contribution in [3.8, 4) is 23.0 Å². The fourth-order valence-corrected chi connectivity index (χ4v) is 4.05. The predicted octanol–water partition coefficient (Wildman–Crippen LogP) is 4.84. The first-order valence-corrected chi connectivity index (χ1v) is 11.7. The van der Waals surface area contributed by atoms with Gasteiger partial charge in [-0.15, -0.1) is 0 Å². The molecule has 3 heterocycles. The lowest BCUT2D eigenvalue weighted by Gasteiger charge is -2.33. The molecule has 1 amide bonds. The van der Waals surface area contributed by atoms with Gasteiger partial charge in [0.05, 0.1) is 0 Å². The molecule has 1 aliphatic rings. The van der Waals surface area contributed by atoms with Crippen LogP contribution in [-0.4, -0.2) is 39.1 Å². The number of ether oxygens (including phenoxy) is 2. The van der Waals surface area contributed by atoms with Gasteiger partial charge in [-0.1, -0.05) is 53.7 Å². The average molecular weight is 471 g/mol. The minimum Gasteiger partial charge on any atom is -0.484 e. The number of piperidine rings is 1. The number of likely N-dealkylation sites (tertiary alicyclic amines) is 1. The van der Waals surface area contributed by atoms with E-state index in [2.05, 4.69) is 15.1 Å². The minimum absolute atomic E-state index is 0.0319. The van der Waals surface area contributed by atoms with Crippen molar-refractivity contribution < 1.29 is 18.8 Å². The summed E-state index contributed by atoms with van der Waals surface area (Å²) in [7, 11) is 0. The molecule has 1 fully saturated rings. The van der Waals surface area contributed by atoms with E-state index in [1.807, 2.05) is 66.7 Å². The number of carbonyl (C=O) groups is 1. The van der Waals surface area contributed by atoms with Crippen LogP contribution in [0.2, 0.25) is 0 Å². The zero-order valence-corrected chi connectivity index (χ0v) is 19.2. The third kappa shape index (κ3) is 5.66. The molecular formula is C27H26N4O4. The maximum absolute atomic E-state index is 12.9. The molecule has 2 aromatic carbocycles. The smallest absolute Gasteiger partial charge is 0.261 e. The van der Waals surface area contributed by atoms with Crippen LogP contribution in [0.3, 0.4) is 0 Å². The Morgan fingerprint density at radius 1 is 0.971 bits per heavy atom. The van der Waals surface area contributed by atoms with Crippen LogP contribution in [0, 0.1) is 0 Å². The summed E-state index contributed by atoms with van der Waals surface area (Å²) >= 11 is 0. The van der Waals surface area contributed by atoms with Gasteiger partial charge in [0.15, 0.2) is 6.61 Å². The molecule has 0 N–H and O–H groups in total. The summed E-state index contributed by atoms with van der Waals surface area (Å²) in [5.74, 6) is 1.94. The van der Waals surface area contributed by atoms with E-state index >= 15 is 0 Å². The van der Waals surface area contributed by atoms with Crippen molar-refractivity contribution in [2.75, 3.05) is 13.2 Å². The number of nitrogens with zero attached hydrogens (tertiary/aromatic N) is 4. The van der Waals surface area contributed by atoms with Crippen molar-refractivity contribution >= 4 is 5.91 Å². The highest BCUT2D eigenvalue weighted by atomic mass is 16.5. The molecule has 8 nitrogen and oxygen atoms in total. The van der Waals surface area contributed by atoms with Gasteiger partial charge in [0.2, 0.25) is 17.6 Å². The van der Waals surface area contributed by atoms with Gasteiger partial charge in [0, 0.05) is 24.4 Å². The monoisotopic (exact) mass is 470 g/mol. The summed E-state index contributed by atoms with van der Waals surface area (Å²) in [6, 6.07) is 22.6. The summed E-state index contributed by atoms with van der Waals surface area (Å²) in [6.45, 7) is 1.04. The van der Waals surface area contributed by atoms with Crippen LogP contribution in [0.15, 0.2) is 83.5 Å². The third-order valence-electron chi connectivity index (χ3n) is 5.88. The lowest BCUT2D eigenvalue weighted by atomic mass is 10.0. The number of para-hydroxylation sites is 1. The first-order chi connectivity index (χ1) is 17.3. The Morgan fingerprint density at radius 2 is 1.77 bits per heavy atom. The van der Waals surface area contributed by atoms with Crippen molar-refractivity contribution in [2.45, 2.75) is 31.9 Å². The number of carbonyl (C=O) groups excluding carboxylic acids is 1. The fourth-order valence-electron chi connectivity index (χ4n) is 4.05. The van der Waals surface area contributed by atoms with Gasteiger partial charge in [0.25, 0.3) is 5.91 Å². The number of hydrogen-bond donors (Lipinski definition) is 0. The first-order valence-electron chi connectivity index (χ1n) is 11.7. The SMILES string of the molecule is O=C(COc1ccccc1)N1CCCCC1c1nc(-c2ccc(OCc3ccccc3)nc2)no1. The molecular weight excluding hydrogens is 444 g/mol. The van der Waals surface area contributed by atoms with Crippen molar-refractivity contribution in [3.05, 3.63) is 90.4 Å². The van der Waals surface area contributed by atoms with Crippen LogP contribution in [0.25, 0.3) is 11.4 Å². The summed E-state index contributed by atoms with van der Waals surface area (Å²) in [5, 5.41) is 4.14. The molecule has 2 aromatic heterocycles. The van der Waals surface area contributed by atoms with E-state index in [-0.39, 0.29) is 18.6 Å². The largest absolute Gasteiger partial charge is 0.484 e. The Balaban J connectivity index is 1.23. The van der Waals surface area contributed by atoms with Crippen molar-refractivity contribution in [1.29, 1.82) is 0 Å². The molecule has 1 saturated heterocycles. The lowest BCUT2D eigenvalue weighted by molar-refractivity contribution is -0.138. The van der Waals surface area contributed by atoms with Gasteiger partial charge < -0.3 is 18.9 Å². The molecule has 0 bridgehead atoms. The van der Waals surface area contributed by atoms with E-state index in [1.54, 1.807) is 17.2 Å². The van der Waals surface area contributed by atoms with Crippen LogP contribution >= 0.6 is 0 Å². The lowest BCUT2D eigenvalue weighted by Crippen LogP contribution is -2.41. The Kier molecular flexibility index (Phi) is 6.98. The topological polar surface area (TPSA) is 90.6 Å². The Bertz CT molecular complexity index is 1230. The molecule has 0 aliphatic carbocycles. The van der Waals surface area contributed by atoms with Crippen LogP contribution in [-0.2, 0) is 11.4 Å². The van der Waals surface area contributed by atoms with Crippen LogP contribution < -0.4 is 9.47 Å². The molecule has 8 heteroatoms. The zero-order chi connectivity index (χ0) is 23.9. The quantitative estimate of drug-likeness (QED) is 0.364. The van der Waals surface area contributed by atoms with Crippen LogP contribution in [0.4, 0.5) is 0 Å². The minimum atomic E-state index is -0.265. The highest BCUT2D eigenvalue weighted by Gasteiger charge is 2.32. The van der Waals surface area contributed by atoms with E-state index in [0.717, 1.165) is 24.8 Å². The number of rotatable bonds is 8. The molecule has 1 aliphatic heterocycles. The summed E-state index contributed by atoms with van der Waals surface area (Å²) < 4.78 is 17.0. The molecule has 1 atom stereocenters. The highest BCUT2D eigenvalue weighted by Crippen LogP contribution is 2.31. The number of pyridine rings is 1. The van der Waals surface area contributed by atoms with Crippen LogP contribution in [0.1, 0.15) is 36.8 Å². The van der Waals surface area contributed by atoms with Gasteiger partial charge in [0.1, 0.15) is 18.4 Å². The van der Waals surface area contributed by atoms with Crippen molar-refractivity contribution in [2.24, 2.45) is 0 Å². The average Bonchev–Trinajstić information content (AvgIpc) is 3.42. The van der Waals surface area contributed by atoms with Crippen LogP contribution in [0.5, 0.6) is 11.6 Å². The van der Waals surface area contributed by atoms with Gasteiger partial charge in [-0.3, -0.25) is 4.79 Å². The Labute approximate surface area is 203 Å². The summed E-state index contributed by atoms with van der Waals surface area (Å²) in [4.78, 5) is 23.6. The second-order valence-corrected chi connectivity index (χ2v) is 8.32. The second-order valence-electron chi connectivity index (χ2n) is 8.32. The standard InChI is InChI=1S/C27H26N4O4/c32-25(19-33-22-11-5-2-6-12-22)31-16-8-7-13-23(31)27-29-26(30-35-27)21-14-15-24(28-17-21)34-18-20-9-3-1-4-10-20/h1-6,9-12,14-15,17,23H,7-8,13,16,18-19H2. The molecule has 5 rings (SSSR count). The van der Waals surface area contributed by atoms with E-state index in [4.69, 9.17) is 14.0 Å². The van der Waals surface area contributed by atoms with E-state index in [9.17, 15) is 4.79 Å². The van der Waals surface area contributed by atoms with E-state index < -0.39 is 0 Å². The molecule has 1 unspecified atom stereocenters. The maximum Gasteiger partial charge on any atom is 0.261 e. The Morgan fingerprint density at radius 3 is 2.54 bits per heavy atom. The number of aromatic nitrogens is 3. The number of amides is 1. The van der Waals surface area contributed by atoms with E-state index in [1.165, 1.54) is 0 Å². The zero-order valence-electron chi connectivity index (χ0n) is 19.2. The summed E-state index contributed by atoms with van der Waals surface area (Å²) in [5.41, 5.74) is 1.79. The first kappa shape index (κ1) is 22.6. The molecule has 35 heavy (non-hydrogen) atoms. The molecule has 0 saturated carbocycles. The number of benzene rings is 2. The van der Waals surface area contributed by atoms with Gasteiger partial charge >= 0.3 is 0 Å². The Hall–Kier alpha value is -4.20.